The van der Waals surface area contributed by atoms with Crippen LogP contribution in [-0.4, -0.2) is 21.4 Å². The molecule has 3 aromatic carbocycles. The maximum Gasteiger partial charge on any atom is 0.196 e. The summed E-state index contributed by atoms with van der Waals surface area (Å²) in [5.74, 6) is 2.36. The lowest BCUT2D eigenvalue weighted by Gasteiger charge is -2.12. The Morgan fingerprint density at radius 2 is 1.62 bits per heavy atom. The van der Waals surface area contributed by atoms with E-state index in [1.165, 1.54) is 0 Å². The van der Waals surface area contributed by atoms with Crippen LogP contribution in [0.15, 0.2) is 84.0 Å². The third kappa shape index (κ3) is 4.47. The molecule has 0 N–H and O–H groups in total. The van der Waals surface area contributed by atoms with Gasteiger partial charge >= 0.3 is 0 Å². The molecule has 146 valence electrons. The molecule has 4 nitrogen and oxygen atoms in total. The standard InChI is InChI=1S/C23H20ClN3OS/c1-2-28-20-14-12-19(13-15-20)27-22(17-8-4-3-5-9-17)25-26-23(27)29-16-18-10-6-7-11-21(18)24/h3-15H,2,16H2,1H3. The molecule has 0 bridgehead atoms. The Bertz CT molecular complexity index is 1080. The highest BCUT2D eigenvalue weighted by Crippen LogP contribution is 2.31. The molecule has 0 amide bonds. The fourth-order valence-electron chi connectivity index (χ4n) is 2.99. The Morgan fingerprint density at radius 3 is 2.34 bits per heavy atom. The highest BCUT2D eigenvalue weighted by Gasteiger charge is 2.16. The fourth-order valence-corrected chi connectivity index (χ4v) is 4.22. The molecule has 6 heteroatoms. The van der Waals surface area contributed by atoms with E-state index in [2.05, 4.69) is 14.8 Å². The van der Waals surface area contributed by atoms with Crippen molar-refractivity contribution in [1.82, 2.24) is 14.8 Å². The van der Waals surface area contributed by atoms with Crippen LogP contribution < -0.4 is 4.74 Å². The van der Waals surface area contributed by atoms with Crippen molar-refractivity contribution < 1.29 is 4.74 Å². The second-order valence-electron chi connectivity index (χ2n) is 6.31. The van der Waals surface area contributed by atoms with E-state index in [4.69, 9.17) is 16.3 Å². The first-order valence-electron chi connectivity index (χ1n) is 9.36. The zero-order valence-corrected chi connectivity index (χ0v) is 17.5. The molecule has 0 saturated carbocycles. The van der Waals surface area contributed by atoms with Crippen LogP contribution in [0.1, 0.15) is 12.5 Å². The van der Waals surface area contributed by atoms with Crippen LogP contribution in [0, 0.1) is 0 Å². The number of thioether (sulfide) groups is 1. The number of hydrogen-bond acceptors (Lipinski definition) is 4. The molecule has 0 aliphatic carbocycles. The summed E-state index contributed by atoms with van der Waals surface area (Å²) in [4.78, 5) is 0. The molecule has 0 aliphatic heterocycles. The summed E-state index contributed by atoms with van der Waals surface area (Å²) in [6.45, 7) is 2.62. The molecule has 1 aromatic heterocycles. The average Bonchev–Trinajstić information content (AvgIpc) is 3.18. The van der Waals surface area contributed by atoms with E-state index in [-0.39, 0.29) is 0 Å². The van der Waals surface area contributed by atoms with E-state index in [9.17, 15) is 0 Å². The van der Waals surface area contributed by atoms with E-state index in [1.807, 2.05) is 85.8 Å². The van der Waals surface area contributed by atoms with Gasteiger partial charge < -0.3 is 4.74 Å². The van der Waals surface area contributed by atoms with Crippen LogP contribution in [0.2, 0.25) is 5.02 Å². The number of nitrogens with zero attached hydrogens (tertiary/aromatic N) is 3. The minimum atomic E-state index is 0.639. The Hall–Kier alpha value is -2.76. The van der Waals surface area contributed by atoms with Crippen LogP contribution >= 0.6 is 23.4 Å². The van der Waals surface area contributed by atoms with Gasteiger partial charge in [0.15, 0.2) is 11.0 Å². The summed E-state index contributed by atoms with van der Waals surface area (Å²) in [5.41, 5.74) is 3.07. The van der Waals surface area contributed by atoms with Gasteiger partial charge in [-0.25, -0.2) is 0 Å². The summed E-state index contributed by atoms with van der Waals surface area (Å²) in [7, 11) is 0. The lowest BCUT2D eigenvalue weighted by Crippen LogP contribution is -2.00. The second-order valence-corrected chi connectivity index (χ2v) is 7.66. The summed E-state index contributed by atoms with van der Waals surface area (Å²) < 4.78 is 7.66. The van der Waals surface area contributed by atoms with Crippen LogP contribution in [0.4, 0.5) is 0 Å². The molecular formula is C23H20ClN3OS. The molecule has 4 aromatic rings. The van der Waals surface area contributed by atoms with E-state index in [1.54, 1.807) is 11.8 Å². The smallest absolute Gasteiger partial charge is 0.196 e. The van der Waals surface area contributed by atoms with Gasteiger partial charge in [-0.15, -0.1) is 10.2 Å². The van der Waals surface area contributed by atoms with Crippen molar-refractivity contribution in [1.29, 1.82) is 0 Å². The van der Waals surface area contributed by atoms with Gasteiger partial charge in [-0.05, 0) is 42.8 Å². The predicted octanol–water partition coefficient (Wildman–Crippen LogP) is 6.28. The van der Waals surface area contributed by atoms with Crippen molar-refractivity contribution in [3.05, 3.63) is 89.4 Å². The van der Waals surface area contributed by atoms with Gasteiger partial charge in [0.25, 0.3) is 0 Å². The normalized spacial score (nSPS) is 10.8. The van der Waals surface area contributed by atoms with Crippen molar-refractivity contribution in [3.8, 4) is 22.8 Å². The highest BCUT2D eigenvalue weighted by molar-refractivity contribution is 7.98. The molecule has 0 unspecified atom stereocenters. The van der Waals surface area contributed by atoms with Crippen LogP contribution in [-0.2, 0) is 5.75 Å². The number of rotatable bonds is 7. The van der Waals surface area contributed by atoms with Crippen molar-refractivity contribution in [2.75, 3.05) is 6.61 Å². The largest absolute Gasteiger partial charge is 0.494 e. The molecule has 0 radical (unpaired) electrons. The molecule has 0 atom stereocenters. The molecule has 1 heterocycles. The Morgan fingerprint density at radius 1 is 0.897 bits per heavy atom. The van der Waals surface area contributed by atoms with Crippen molar-refractivity contribution >= 4 is 23.4 Å². The highest BCUT2D eigenvalue weighted by atomic mass is 35.5. The molecule has 0 aliphatic rings. The second kappa shape index (κ2) is 9.16. The quantitative estimate of drug-likeness (QED) is 0.329. The van der Waals surface area contributed by atoms with Gasteiger partial charge in [-0.3, -0.25) is 4.57 Å². The van der Waals surface area contributed by atoms with Crippen LogP contribution in [0.3, 0.4) is 0 Å². The van der Waals surface area contributed by atoms with E-state index in [0.717, 1.165) is 38.6 Å². The zero-order valence-electron chi connectivity index (χ0n) is 16.0. The van der Waals surface area contributed by atoms with Gasteiger partial charge in [0.1, 0.15) is 5.75 Å². The molecule has 0 spiro atoms. The molecule has 29 heavy (non-hydrogen) atoms. The number of aromatic nitrogens is 3. The Kier molecular flexibility index (Phi) is 6.17. The predicted molar refractivity (Wildman–Crippen MR) is 119 cm³/mol. The lowest BCUT2D eigenvalue weighted by atomic mass is 10.2. The molecular weight excluding hydrogens is 402 g/mol. The van der Waals surface area contributed by atoms with Gasteiger partial charge in [0.05, 0.1) is 6.61 Å². The number of hydrogen-bond donors (Lipinski definition) is 0. The topological polar surface area (TPSA) is 39.9 Å². The minimum absolute atomic E-state index is 0.639. The maximum atomic E-state index is 6.33. The molecule has 0 fully saturated rings. The van der Waals surface area contributed by atoms with Gasteiger partial charge in [0.2, 0.25) is 0 Å². The van der Waals surface area contributed by atoms with Crippen LogP contribution in [0.5, 0.6) is 5.75 Å². The van der Waals surface area contributed by atoms with Gasteiger partial charge in [-0.1, -0.05) is 71.9 Å². The number of benzene rings is 3. The summed E-state index contributed by atoms with van der Waals surface area (Å²) in [6, 6.07) is 25.9. The van der Waals surface area contributed by atoms with Gasteiger partial charge in [-0.2, -0.15) is 0 Å². The lowest BCUT2D eigenvalue weighted by molar-refractivity contribution is 0.340. The Labute approximate surface area is 179 Å². The monoisotopic (exact) mass is 421 g/mol. The summed E-state index contributed by atoms with van der Waals surface area (Å²) >= 11 is 7.94. The van der Waals surface area contributed by atoms with E-state index in [0.29, 0.717) is 12.4 Å². The number of halogens is 1. The first-order chi connectivity index (χ1) is 14.3. The summed E-state index contributed by atoms with van der Waals surface area (Å²) in [6.07, 6.45) is 0. The van der Waals surface area contributed by atoms with Gasteiger partial charge in [0, 0.05) is 22.0 Å². The zero-order chi connectivity index (χ0) is 20.1. The van der Waals surface area contributed by atoms with Crippen LogP contribution in [0.25, 0.3) is 17.1 Å². The number of ether oxygens (including phenoxy) is 1. The SMILES string of the molecule is CCOc1ccc(-n2c(SCc3ccccc3Cl)nnc2-c2ccccc2)cc1. The van der Waals surface area contributed by atoms with E-state index < -0.39 is 0 Å². The first kappa shape index (κ1) is 19.6. The molecule has 0 saturated heterocycles. The third-order valence-electron chi connectivity index (χ3n) is 4.39. The molecule has 4 rings (SSSR count). The summed E-state index contributed by atoms with van der Waals surface area (Å²) in [5, 5.41) is 10.5. The minimum Gasteiger partial charge on any atom is -0.494 e. The third-order valence-corrected chi connectivity index (χ3v) is 5.73. The fraction of sp³-hybridized carbons (Fsp3) is 0.130. The maximum absolute atomic E-state index is 6.33. The van der Waals surface area contributed by atoms with Crippen molar-refractivity contribution in [2.24, 2.45) is 0 Å². The van der Waals surface area contributed by atoms with Crippen molar-refractivity contribution in [2.45, 2.75) is 17.8 Å². The average molecular weight is 422 g/mol. The van der Waals surface area contributed by atoms with E-state index >= 15 is 0 Å². The van der Waals surface area contributed by atoms with Crippen molar-refractivity contribution in [3.63, 3.8) is 0 Å². The Balaban J connectivity index is 1.71. The first-order valence-corrected chi connectivity index (χ1v) is 10.7.